The number of β-amino-alcohol motifs (C(OH)–C–C–N with tert-alkyl or cyclic N) is 1. The van der Waals surface area contributed by atoms with Crippen LogP contribution in [0.3, 0.4) is 0 Å². The summed E-state index contributed by atoms with van der Waals surface area (Å²) in [5, 5.41) is 13.5. The van der Waals surface area contributed by atoms with Crippen LogP contribution in [-0.4, -0.2) is 21.6 Å². The van der Waals surface area contributed by atoms with Gasteiger partial charge in [-0.25, -0.2) is 9.97 Å². The van der Waals surface area contributed by atoms with Gasteiger partial charge in [-0.15, -0.1) is 11.3 Å². The average molecular weight is 297 g/mol. The minimum Gasteiger partial charge on any atom is -0.387 e. The Balaban J connectivity index is 1.82. The molecule has 0 bridgehead atoms. The van der Waals surface area contributed by atoms with Crippen molar-refractivity contribution in [3.8, 4) is 0 Å². The number of aromatic nitrogens is 2. The van der Waals surface area contributed by atoms with Gasteiger partial charge in [0.25, 0.3) is 0 Å². The van der Waals surface area contributed by atoms with Crippen LogP contribution in [0.2, 0.25) is 0 Å². The molecule has 1 aromatic carbocycles. The second-order valence-corrected chi connectivity index (χ2v) is 6.22. The highest BCUT2D eigenvalue weighted by Crippen LogP contribution is 2.33. The normalized spacial score (nSPS) is 18.0. The lowest BCUT2D eigenvalue weighted by Crippen LogP contribution is -2.34. The molecule has 21 heavy (non-hydrogen) atoms. The van der Waals surface area contributed by atoms with Gasteiger partial charge in [-0.1, -0.05) is 24.3 Å². The summed E-state index contributed by atoms with van der Waals surface area (Å²) in [5.41, 5.74) is 2.19. The molecule has 4 rings (SSSR count). The number of aliphatic hydroxyl groups excluding tert-OH is 1. The van der Waals surface area contributed by atoms with Gasteiger partial charge in [-0.05, 0) is 29.5 Å². The summed E-state index contributed by atoms with van der Waals surface area (Å²) >= 11 is 1.63. The lowest BCUT2D eigenvalue weighted by Gasteiger charge is -2.33. The van der Waals surface area contributed by atoms with E-state index in [2.05, 4.69) is 27.0 Å². The second kappa shape index (κ2) is 4.79. The van der Waals surface area contributed by atoms with E-state index in [-0.39, 0.29) is 0 Å². The van der Waals surface area contributed by atoms with Crippen molar-refractivity contribution in [3.63, 3.8) is 0 Å². The largest absolute Gasteiger partial charge is 0.387 e. The lowest BCUT2D eigenvalue weighted by atomic mass is 9.97. The Morgan fingerprint density at radius 1 is 1.24 bits per heavy atom. The van der Waals surface area contributed by atoms with E-state index in [1.807, 2.05) is 30.5 Å². The smallest absolute Gasteiger partial charge is 0.141 e. The first-order valence-electron chi connectivity index (χ1n) is 6.95. The first-order chi connectivity index (χ1) is 10.2. The molecule has 0 saturated carbocycles. The molecule has 3 heterocycles. The standard InChI is InChI=1S/C16H15N3OS/c1-10-17-15(13-6-7-21-16(13)18-10)19-8-11-4-2-3-5-12(11)14(20)9-19/h2-7,14,20H,8-9H2,1H3. The number of rotatable bonds is 1. The van der Waals surface area contributed by atoms with E-state index < -0.39 is 6.10 Å². The molecule has 3 aromatic rings. The minimum absolute atomic E-state index is 0.473. The molecular formula is C16H15N3OS. The summed E-state index contributed by atoms with van der Waals surface area (Å²) in [6, 6.07) is 10.1. The van der Waals surface area contributed by atoms with Crippen molar-refractivity contribution in [2.24, 2.45) is 0 Å². The molecule has 1 atom stereocenters. The van der Waals surface area contributed by atoms with E-state index in [0.717, 1.165) is 39.5 Å². The summed E-state index contributed by atoms with van der Waals surface area (Å²) in [6.45, 7) is 3.25. The summed E-state index contributed by atoms with van der Waals surface area (Å²) in [7, 11) is 0. The molecule has 0 spiro atoms. The predicted molar refractivity (Wildman–Crippen MR) is 84.6 cm³/mol. The van der Waals surface area contributed by atoms with Crippen LogP contribution in [0.25, 0.3) is 10.2 Å². The molecule has 0 aliphatic carbocycles. The fourth-order valence-corrected chi connectivity index (χ4v) is 3.73. The number of hydrogen-bond donors (Lipinski definition) is 1. The number of thiophene rings is 1. The zero-order valence-corrected chi connectivity index (χ0v) is 12.5. The molecule has 0 fully saturated rings. The minimum atomic E-state index is -0.473. The van der Waals surface area contributed by atoms with Crippen molar-refractivity contribution in [3.05, 3.63) is 52.7 Å². The van der Waals surface area contributed by atoms with Crippen LogP contribution in [0.4, 0.5) is 5.82 Å². The number of anilines is 1. The number of aryl methyl sites for hydroxylation is 1. The SMILES string of the molecule is Cc1nc(N2Cc3ccccc3C(O)C2)c2ccsc2n1. The fraction of sp³-hybridized carbons (Fsp3) is 0.250. The summed E-state index contributed by atoms with van der Waals surface area (Å²) < 4.78 is 0. The van der Waals surface area contributed by atoms with E-state index in [4.69, 9.17) is 0 Å². The molecule has 0 amide bonds. The molecular weight excluding hydrogens is 282 g/mol. The van der Waals surface area contributed by atoms with Crippen LogP contribution in [0.15, 0.2) is 35.7 Å². The quantitative estimate of drug-likeness (QED) is 0.750. The Kier molecular flexibility index (Phi) is 2.90. The second-order valence-electron chi connectivity index (χ2n) is 5.33. The zero-order chi connectivity index (χ0) is 14.4. The third kappa shape index (κ3) is 2.09. The van der Waals surface area contributed by atoms with Gasteiger partial charge in [-0.3, -0.25) is 0 Å². The molecule has 2 aromatic heterocycles. The van der Waals surface area contributed by atoms with Crippen molar-refractivity contribution < 1.29 is 5.11 Å². The topological polar surface area (TPSA) is 49.2 Å². The van der Waals surface area contributed by atoms with Crippen molar-refractivity contribution in [1.29, 1.82) is 0 Å². The van der Waals surface area contributed by atoms with Crippen molar-refractivity contribution >= 4 is 27.4 Å². The lowest BCUT2D eigenvalue weighted by molar-refractivity contribution is 0.175. The molecule has 1 aliphatic rings. The molecule has 1 unspecified atom stereocenters. The zero-order valence-electron chi connectivity index (χ0n) is 11.7. The summed E-state index contributed by atoms with van der Waals surface area (Å²) in [6.07, 6.45) is -0.473. The Hall–Kier alpha value is -1.98. The highest BCUT2D eigenvalue weighted by molar-refractivity contribution is 7.16. The average Bonchev–Trinajstić information content (AvgIpc) is 2.94. The van der Waals surface area contributed by atoms with Crippen molar-refractivity contribution in [2.75, 3.05) is 11.4 Å². The van der Waals surface area contributed by atoms with Gasteiger partial charge in [0.05, 0.1) is 11.5 Å². The third-order valence-electron chi connectivity index (χ3n) is 3.88. The maximum atomic E-state index is 10.4. The van der Waals surface area contributed by atoms with E-state index in [1.165, 1.54) is 0 Å². The summed E-state index contributed by atoms with van der Waals surface area (Å²) in [5.74, 6) is 1.70. The van der Waals surface area contributed by atoms with Crippen LogP contribution in [-0.2, 0) is 6.54 Å². The molecule has 1 aliphatic heterocycles. The van der Waals surface area contributed by atoms with Gasteiger partial charge in [0.1, 0.15) is 16.5 Å². The predicted octanol–water partition coefficient (Wildman–Crippen LogP) is 3.05. The van der Waals surface area contributed by atoms with Gasteiger partial charge >= 0.3 is 0 Å². The van der Waals surface area contributed by atoms with Crippen molar-refractivity contribution in [1.82, 2.24) is 9.97 Å². The Morgan fingerprint density at radius 3 is 3.00 bits per heavy atom. The third-order valence-corrected chi connectivity index (χ3v) is 4.69. The highest BCUT2D eigenvalue weighted by atomic mass is 32.1. The van der Waals surface area contributed by atoms with E-state index in [0.29, 0.717) is 6.54 Å². The Labute approximate surface area is 126 Å². The van der Waals surface area contributed by atoms with Crippen LogP contribution < -0.4 is 4.90 Å². The van der Waals surface area contributed by atoms with E-state index in [1.54, 1.807) is 11.3 Å². The Morgan fingerprint density at radius 2 is 2.10 bits per heavy atom. The van der Waals surface area contributed by atoms with Crippen LogP contribution >= 0.6 is 11.3 Å². The van der Waals surface area contributed by atoms with Gasteiger partial charge in [0, 0.05) is 13.1 Å². The number of fused-ring (bicyclic) bond motifs is 2. The van der Waals surface area contributed by atoms with Crippen LogP contribution in [0.1, 0.15) is 23.1 Å². The number of aliphatic hydroxyl groups is 1. The van der Waals surface area contributed by atoms with E-state index >= 15 is 0 Å². The fourth-order valence-electron chi connectivity index (χ4n) is 2.93. The molecule has 4 nitrogen and oxygen atoms in total. The molecule has 5 heteroatoms. The van der Waals surface area contributed by atoms with Crippen LogP contribution in [0, 0.1) is 6.92 Å². The van der Waals surface area contributed by atoms with Gasteiger partial charge in [-0.2, -0.15) is 0 Å². The number of hydrogen-bond acceptors (Lipinski definition) is 5. The van der Waals surface area contributed by atoms with Crippen molar-refractivity contribution in [2.45, 2.75) is 19.6 Å². The van der Waals surface area contributed by atoms with Gasteiger partial charge < -0.3 is 10.0 Å². The molecule has 0 saturated heterocycles. The van der Waals surface area contributed by atoms with Gasteiger partial charge in [0.15, 0.2) is 0 Å². The Bertz CT molecular complexity index is 814. The number of nitrogens with zero attached hydrogens (tertiary/aromatic N) is 3. The molecule has 106 valence electrons. The molecule has 1 N–H and O–H groups in total. The van der Waals surface area contributed by atoms with Gasteiger partial charge in [0.2, 0.25) is 0 Å². The monoisotopic (exact) mass is 297 g/mol. The van der Waals surface area contributed by atoms with E-state index in [9.17, 15) is 5.11 Å². The maximum absolute atomic E-state index is 10.4. The highest BCUT2D eigenvalue weighted by Gasteiger charge is 2.25. The van der Waals surface area contributed by atoms with Crippen LogP contribution in [0.5, 0.6) is 0 Å². The maximum Gasteiger partial charge on any atom is 0.141 e. The molecule has 0 radical (unpaired) electrons. The number of benzene rings is 1. The summed E-state index contributed by atoms with van der Waals surface area (Å²) in [4.78, 5) is 12.2. The first-order valence-corrected chi connectivity index (χ1v) is 7.83. The first kappa shape index (κ1) is 12.7.